The van der Waals surface area contributed by atoms with Crippen LogP contribution in [0.1, 0.15) is 43.0 Å². The second-order valence-corrected chi connectivity index (χ2v) is 10.7. The molecule has 3 heterocycles. The molecule has 0 unspecified atom stereocenters. The molecule has 160 valence electrons. The van der Waals surface area contributed by atoms with Crippen LogP contribution >= 0.6 is 11.3 Å². The monoisotopic (exact) mass is 439 g/mol. The Bertz CT molecular complexity index is 970. The Kier molecular flexibility index (Phi) is 6.08. The van der Waals surface area contributed by atoms with Gasteiger partial charge in [0.2, 0.25) is 5.88 Å². The minimum Gasteiger partial charge on any atom is -0.474 e. The van der Waals surface area contributed by atoms with Gasteiger partial charge in [-0.3, -0.25) is 0 Å². The molecule has 2 aromatic heterocycles. The molecule has 1 saturated carbocycles. The molecule has 8 nitrogen and oxygen atoms in total. The number of thiophene rings is 1. The van der Waals surface area contributed by atoms with Crippen LogP contribution < -0.4 is 9.46 Å². The highest BCUT2D eigenvalue weighted by Crippen LogP contribution is 2.39. The van der Waals surface area contributed by atoms with Gasteiger partial charge in [-0.05, 0) is 51.3 Å². The number of rotatable bonds is 6. The summed E-state index contributed by atoms with van der Waals surface area (Å²) in [6.45, 7) is 4.06. The first-order valence-corrected chi connectivity index (χ1v) is 12.5. The number of hydrogen-bond acceptors (Lipinski definition) is 7. The van der Waals surface area contributed by atoms with Crippen LogP contribution in [0.3, 0.4) is 0 Å². The summed E-state index contributed by atoms with van der Waals surface area (Å²) in [5.41, 5.74) is 0.991. The summed E-state index contributed by atoms with van der Waals surface area (Å²) in [4.78, 5) is 13.3. The third-order valence-corrected chi connectivity index (χ3v) is 8.91. The lowest BCUT2D eigenvalue weighted by atomic mass is 9.92. The second-order valence-electron chi connectivity index (χ2n) is 7.78. The van der Waals surface area contributed by atoms with Crippen LogP contribution in [0.5, 0.6) is 5.88 Å². The molecule has 1 fully saturated rings. The fraction of sp³-hybridized carbons (Fsp3) is 0.684. The van der Waals surface area contributed by atoms with Crippen molar-refractivity contribution in [1.82, 2.24) is 23.9 Å². The zero-order chi connectivity index (χ0) is 20.6. The first-order valence-electron chi connectivity index (χ1n) is 10.2. The van der Waals surface area contributed by atoms with E-state index in [0.29, 0.717) is 31.4 Å². The van der Waals surface area contributed by atoms with E-state index in [-0.39, 0.29) is 6.10 Å². The molecule has 0 spiro atoms. The van der Waals surface area contributed by atoms with Crippen LogP contribution in [-0.2, 0) is 23.2 Å². The van der Waals surface area contributed by atoms with Gasteiger partial charge in [-0.2, -0.15) is 12.7 Å². The fourth-order valence-electron chi connectivity index (χ4n) is 4.30. The van der Waals surface area contributed by atoms with Crippen LogP contribution in [0.15, 0.2) is 6.33 Å². The van der Waals surface area contributed by atoms with Gasteiger partial charge in [0.25, 0.3) is 10.2 Å². The molecule has 1 N–H and O–H groups in total. The zero-order valence-electron chi connectivity index (χ0n) is 17.2. The topological polar surface area (TPSA) is 87.7 Å². The van der Waals surface area contributed by atoms with Gasteiger partial charge in [-0.1, -0.05) is 6.92 Å². The quantitative estimate of drug-likeness (QED) is 0.742. The van der Waals surface area contributed by atoms with E-state index in [9.17, 15) is 8.42 Å². The van der Waals surface area contributed by atoms with Crippen LogP contribution in [-0.4, -0.2) is 66.9 Å². The van der Waals surface area contributed by atoms with E-state index in [1.54, 1.807) is 17.7 Å². The predicted molar refractivity (Wildman–Crippen MR) is 114 cm³/mol. The molecule has 0 radical (unpaired) electrons. The molecule has 0 atom stereocenters. The smallest absolute Gasteiger partial charge is 0.279 e. The number of aromatic nitrogens is 2. The van der Waals surface area contributed by atoms with E-state index in [2.05, 4.69) is 33.6 Å². The first kappa shape index (κ1) is 20.9. The molecule has 4 rings (SSSR count). The fourth-order valence-corrected chi connectivity index (χ4v) is 6.32. The lowest BCUT2D eigenvalue weighted by Crippen LogP contribution is -2.41. The van der Waals surface area contributed by atoms with Crippen molar-refractivity contribution < 1.29 is 13.2 Å². The second kappa shape index (κ2) is 8.43. The van der Waals surface area contributed by atoms with Crippen molar-refractivity contribution in [3.05, 3.63) is 16.8 Å². The Labute approximate surface area is 176 Å². The number of fused-ring (bicyclic) bond motifs is 3. The minimum atomic E-state index is -3.47. The van der Waals surface area contributed by atoms with Gasteiger partial charge in [0.05, 0.1) is 5.39 Å². The maximum atomic E-state index is 12.3. The van der Waals surface area contributed by atoms with Gasteiger partial charge >= 0.3 is 0 Å². The summed E-state index contributed by atoms with van der Waals surface area (Å²) in [7, 11) is 0.162. The lowest BCUT2D eigenvalue weighted by Gasteiger charge is -2.34. The number of nitrogens with one attached hydrogen (secondary N) is 1. The van der Waals surface area contributed by atoms with Crippen LogP contribution in [0, 0.1) is 0 Å². The SMILES string of the molecule is CCN(C)[C@H]1CC[C@H](Oc2ncnc3sc4c(c23)CN(S(=O)(=O)NC)CC4)CC1. The standard InChI is InChI=1S/C19H29N5O3S2/c1-4-23(3)13-5-7-14(8-6-13)27-18-17-15-11-24(29(25,26)20-2)10-9-16(15)28-19(17)22-12-21-18/h12-14,20H,4-11H2,1-3H3/t13-,14-. The summed E-state index contributed by atoms with van der Waals surface area (Å²) in [6, 6.07) is 0.625. The highest BCUT2D eigenvalue weighted by Gasteiger charge is 2.31. The zero-order valence-corrected chi connectivity index (χ0v) is 18.9. The van der Waals surface area contributed by atoms with E-state index in [1.807, 2.05) is 0 Å². The van der Waals surface area contributed by atoms with Gasteiger partial charge in [0.15, 0.2) is 0 Å². The Morgan fingerprint density at radius 2 is 2.07 bits per heavy atom. The molecule has 29 heavy (non-hydrogen) atoms. The van der Waals surface area contributed by atoms with E-state index in [4.69, 9.17) is 4.74 Å². The molecule has 0 amide bonds. The molecular weight excluding hydrogens is 410 g/mol. The molecule has 1 aliphatic heterocycles. The average Bonchev–Trinajstić information content (AvgIpc) is 3.12. The number of ether oxygens (including phenoxy) is 1. The Morgan fingerprint density at radius 1 is 1.31 bits per heavy atom. The molecule has 10 heteroatoms. The average molecular weight is 440 g/mol. The molecule has 0 bridgehead atoms. The van der Waals surface area contributed by atoms with E-state index in [1.165, 1.54) is 16.2 Å². The van der Waals surface area contributed by atoms with Crippen LogP contribution in [0.2, 0.25) is 0 Å². The van der Waals surface area contributed by atoms with Gasteiger partial charge in [-0.25, -0.2) is 14.7 Å². The van der Waals surface area contributed by atoms with Crippen molar-refractivity contribution in [1.29, 1.82) is 0 Å². The minimum absolute atomic E-state index is 0.144. The number of nitrogens with zero attached hydrogens (tertiary/aromatic N) is 4. The largest absolute Gasteiger partial charge is 0.474 e. The normalized spacial score (nSPS) is 23.4. The van der Waals surface area contributed by atoms with E-state index >= 15 is 0 Å². The highest BCUT2D eigenvalue weighted by atomic mass is 32.2. The van der Waals surface area contributed by atoms with Gasteiger partial charge in [0.1, 0.15) is 17.3 Å². The van der Waals surface area contributed by atoms with Gasteiger partial charge in [-0.15, -0.1) is 11.3 Å². The number of hydrogen-bond donors (Lipinski definition) is 1. The van der Waals surface area contributed by atoms with Gasteiger partial charge in [0, 0.05) is 31.1 Å². The van der Waals surface area contributed by atoms with Crippen molar-refractivity contribution in [3.63, 3.8) is 0 Å². The molecule has 0 saturated heterocycles. The maximum Gasteiger partial charge on any atom is 0.279 e. The van der Waals surface area contributed by atoms with Crippen molar-refractivity contribution in [3.8, 4) is 5.88 Å². The highest BCUT2D eigenvalue weighted by molar-refractivity contribution is 7.87. The van der Waals surface area contributed by atoms with Gasteiger partial charge < -0.3 is 9.64 Å². The first-order chi connectivity index (χ1) is 13.9. The molecule has 2 aromatic rings. The third-order valence-electron chi connectivity index (χ3n) is 6.20. The summed E-state index contributed by atoms with van der Waals surface area (Å²) < 4.78 is 34.8. The van der Waals surface area contributed by atoms with Crippen molar-refractivity contribution in [2.45, 2.75) is 57.7 Å². The van der Waals surface area contributed by atoms with Crippen LogP contribution in [0.4, 0.5) is 0 Å². The third kappa shape index (κ3) is 4.13. The summed E-state index contributed by atoms with van der Waals surface area (Å²) in [5, 5.41) is 0.885. The summed E-state index contributed by atoms with van der Waals surface area (Å²) in [6.07, 6.45) is 6.65. The molecular formula is C19H29N5O3S2. The Balaban J connectivity index is 1.57. The van der Waals surface area contributed by atoms with Crippen molar-refractivity contribution in [2.24, 2.45) is 0 Å². The summed E-state index contributed by atoms with van der Waals surface area (Å²) >= 11 is 1.62. The van der Waals surface area contributed by atoms with Crippen molar-refractivity contribution in [2.75, 3.05) is 27.2 Å². The molecule has 2 aliphatic rings. The lowest BCUT2D eigenvalue weighted by molar-refractivity contribution is 0.101. The van der Waals surface area contributed by atoms with E-state index in [0.717, 1.165) is 48.0 Å². The van der Waals surface area contributed by atoms with E-state index < -0.39 is 10.2 Å². The molecule has 1 aliphatic carbocycles. The maximum absolute atomic E-state index is 12.3. The Morgan fingerprint density at radius 3 is 2.76 bits per heavy atom. The molecule has 0 aromatic carbocycles. The van der Waals surface area contributed by atoms with Crippen molar-refractivity contribution >= 4 is 31.8 Å². The Hall–Kier alpha value is -1.33. The summed E-state index contributed by atoms with van der Waals surface area (Å²) in [5.74, 6) is 0.600. The predicted octanol–water partition coefficient (Wildman–Crippen LogP) is 2.16. The van der Waals surface area contributed by atoms with Crippen LogP contribution in [0.25, 0.3) is 10.2 Å².